The smallest absolute Gasteiger partial charge is 0.253 e. The van der Waals surface area contributed by atoms with Gasteiger partial charge in [0.2, 0.25) is 0 Å². The maximum Gasteiger partial charge on any atom is 0.253 e. The Morgan fingerprint density at radius 2 is 1.82 bits per heavy atom. The molecule has 8 nitrogen and oxygen atoms in total. The Morgan fingerprint density at radius 1 is 1.08 bits per heavy atom. The van der Waals surface area contributed by atoms with Crippen molar-refractivity contribution in [3.05, 3.63) is 77.0 Å². The molecule has 2 aliphatic rings. The van der Waals surface area contributed by atoms with Crippen LogP contribution in [0.2, 0.25) is 0 Å². The molecule has 2 aromatic carbocycles. The van der Waals surface area contributed by atoms with Crippen LogP contribution < -0.4 is 4.90 Å². The van der Waals surface area contributed by atoms with E-state index in [0.29, 0.717) is 43.3 Å². The summed E-state index contributed by atoms with van der Waals surface area (Å²) >= 11 is 0. The van der Waals surface area contributed by atoms with Crippen molar-refractivity contribution in [2.24, 2.45) is 0 Å². The molecule has 0 spiro atoms. The monoisotopic (exact) mass is 508 g/mol. The predicted molar refractivity (Wildman–Crippen MR) is 148 cm³/mol. The molecule has 0 saturated carbocycles. The van der Waals surface area contributed by atoms with E-state index in [1.54, 1.807) is 0 Å². The van der Waals surface area contributed by atoms with Gasteiger partial charge in [-0.25, -0.2) is 9.97 Å². The number of imidazole rings is 1. The van der Waals surface area contributed by atoms with Crippen LogP contribution in [0.3, 0.4) is 0 Å². The molecule has 8 heteroatoms. The zero-order valence-electron chi connectivity index (χ0n) is 22.1. The zero-order chi connectivity index (χ0) is 26.6. The van der Waals surface area contributed by atoms with Gasteiger partial charge in [0.05, 0.1) is 42.1 Å². The van der Waals surface area contributed by atoms with E-state index in [2.05, 4.69) is 20.9 Å². The van der Waals surface area contributed by atoms with Gasteiger partial charge < -0.3 is 19.5 Å². The first-order valence-electron chi connectivity index (χ1n) is 13.2. The van der Waals surface area contributed by atoms with E-state index in [1.165, 1.54) is 0 Å². The molecule has 0 atom stereocenters. The number of hydrogen-bond acceptors (Lipinski definition) is 6. The highest BCUT2D eigenvalue weighted by molar-refractivity contribution is 5.96. The summed E-state index contributed by atoms with van der Waals surface area (Å²) in [6.07, 6.45) is 1.82. The lowest BCUT2D eigenvalue weighted by molar-refractivity contribution is 0.0602. The van der Waals surface area contributed by atoms with Crippen molar-refractivity contribution in [2.45, 2.75) is 26.7 Å². The van der Waals surface area contributed by atoms with Crippen molar-refractivity contribution >= 4 is 22.8 Å². The molecule has 194 valence electrons. The van der Waals surface area contributed by atoms with E-state index in [0.717, 1.165) is 52.5 Å². The number of aromatic nitrogens is 3. The second-order valence-electron chi connectivity index (χ2n) is 9.42. The number of nitrogens with one attached hydrogen (secondary N) is 1. The average molecular weight is 509 g/mol. The Balaban J connectivity index is 0.00000144. The molecular weight excluding hydrogens is 476 g/mol. The van der Waals surface area contributed by atoms with Gasteiger partial charge in [-0.2, -0.15) is 5.26 Å². The number of H-pyrrole nitrogens is 1. The first-order chi connectivity index (χ1) is 18.6. The quantitative estimate of drug-likeness (QED) is 0.421. The fourth-order valence-corrected chi connectivity index (χ4v) is 4.87. The summed E-state index contributed by atoms with van der Waals surface area (Å²) in [4.78, 5) is 30.1. The van der Waals surface area contributed by atoms with Gasteiger partial charge in [-0.15, -0.1) is 0 Å². The van der Waals surface area contributed by atoms with Crippen molar-refractivity contribution in [3.63, 3.8) is 0 Å². The molecule has 6 rings (SSSR count). The number of benzene rings is 2. The fourth-order valence-electron chi connectivity index (χ4n) is 4.87. The summed E-state index contributed by atoms with van der Waals surface area (Å²) in [5.41, 5.74) is 6.14. The highest BCUT2D eigenvalue weighted by Gasteiger charge is 2.32. The molecule has 2 fully saturated rings. The molecule has 38 heavy (non-hydrogen) atoms. The third-order valence-corrected chi connectivity index (χ3v) is 7.11. The number of pyridine rings is 1. The topological polar surface area (TPSA) is 98.1 Å². The highest BCUT2D eigenvalue weighted by Crippen LogP contribution is 2.31. The number of likely N-dealkylation sites (tertiary alicyclic amines) is 1. The summed E-state index contributed by atoms with van der Waals surface area (Å²) in [5.74, 6) is 1.96. The lowest BCUT2D eigenvalue weighted by Crippen LogP contribution is -2.48. The fraction of sp³-hybridized carbons (Fsp3) is 0.333. The second kappa shape index (κ2) is 11.0. The lowest BCUT2D eigenvalue weighted by Gasteiger charge is -2.39. The number of hydrogen-bond donors (Lipinski definition) is 1. The minimum absolute atomic E-state index is 0.0218. The van der Waals surface area contributed by atoms with Crippen LogP contribution in [0.1, 0.15) is 46.8 Å². The van der Waals surface area contributed by atoms with Crippen LogP contribution in [-0.4, -0.2) is 65.2 Å². The Labute approximate surface area is 222 Å². The molecule has 0 aliphatic carbocycles. The van der Waals surface area contributed by atoms with Crippen LogP contribution in [0, 0.1) is 18.3 Å². The van der Waals surface area contributed by atoms with E-state index in [9.17, 15) is 4.79 Å². The summed E-state index contributed by atoms with van der Waals surface area (Å²) < 4.78 is 5.45. The standard InChI is InChI=1S/C28H26N6O2.C2H6/c1-18-2-5-21(28(35)34-16-22(17-34)20-6-3-19(14-29)4-7-20)12-23(18)27-31-24-13-26(30-15-25(24)32-27)33-8-10-36-11-9-33;1-2/h2-7,12-13,15,22H,8-11,16-17H2,1H3,(H,31,32);1-2H3. The van der Waals surface area contributed by atoms with Crippen LogP contribution in [0.15, 0.2) is 54.7 Å². The maximum atomic E-state index is 13.2. The number of morpholine rings is 1. The summed E-state index contributed by atoms with van der Waals surface area (Å²) in [7, 11) is 0. The van der Waals surface area contributed by atoms with E-state index < -0.39 is 0 Å². The average Bonchev–Trinajstić information content (AvgIpc) is 3.37. The molecule has 1 N–H and O–H groups in total. The summed E-state index contributed by atoms with van der Waals surface area (Å²) in [5, 5.41) is 8.99. The minimum Gasteiger partial charge on any atom is -0.378 e. The number of anilines is 1. The summed E-state index contributed by atoms with van der Waals surface area (Å²) in [6.45, 7) is 10.4. The van der Waals surface area contributed by atoms with E-state index >= 15 is 0 Å². The molecule has 4 aromatic rings. The zero-order valence-corrected chi connectivity index (χ0v) is 22.1. The third kappa shape index (κ3) is 4.98. The van der Waals surface area contributed by atoms with E-state index in [4.69, 9.17) is 15.0 Å². The van der Waals surface area contributed by atoms with E-state index in [1.807, 2.05) is 80.4 Å². The number of nitrogens with zero attached hydrogens (tertiary/aromatic N) is 5. The Hall–Kier alpha value is -4.22. The molecule has 0 bridgehead atoms. The Morgan fingerprint density at radius 3 is 2.53 bits per heavy atom. The van der Waals surface area contributed by atoms with Gasteiger partial charge in [-0.1, -0.05) is 32.0 Å². The Kier molecular flexibility index (Phi) is 7.38. The normalized spacial score (nSPS) is 15.4. The molecule has 0 radical (unpaired) electrons. The van der Waals surface area contributed by atoms with E-state index in [-0.39, 0.29) is 5.91 Å². The van der Waals surface area contributed by atoms with Crippen molar-refractivity contribution in [1.82, 2.24) is 19.9 Å². The van der Waals surface area contributed by atoms with Gasteiger partial charge in [0, 0.05) is 49.3 Å². The molecule has 4 heterocycles. The van der Waals surface area contributed by atoms with Crippen LogP contribution in [0.4, 0.5) is 5.82 Å². The minimum atomic E-state index is 0.0218. The Bertz CT molecular complexity index is 1480. The van der Waals surface area contributed by atoms with Crippen molar-refractivity contribution in [3.8, 4) is 17.5 Å². The van der Waals surface area contributed by atoms with Gasteiger partial charge in [-0.3, -0.25) is 4.79 Å². The number of fused-ring (bicyclic) bond motifs is 1. The number of carbonyl (C=O) groups is 1. The predicted octanol–water partition coefficient (Wildman–Crippen LogP) is 4.91. The van der Waals surface area contributed by atoms with Gasteiger partial charge in [-0.05, 0) is 42.3 Å². The number of ether oxygens (including phenoxy) is 1. The molecule has 2 saturated heterocycles. The number of aryl methyl sites for hydroxylation is 1. The molecule has 0 unspecified atom stereocenters. The first kappa shape index (κ1) is 25.4. The lowest BCUT2D eigenvalue weighted by atomic mass is 9.90. The van der Waals surface area contributed by atoms with Gasteiger partial charge in [0.25, 0.3) is 5.91 Å². The number of amides is 1. The van der Waals surface area contributed by atoms with Crippen LogP contribution >= 0.6 is 0 Å². The number of nitriles is 1. The third-order valence-electron chi connectivity index (χ3n) is 7.11. The molecular formula is C30H32N6O2. The second-order valence-corrected chi connectivity index (χ2v) is 9.42. The van der Waals surface area contributed by atoms with Crippen LogP contribution in [0.5, 0.6) is 0 Å². The number of carbonyl (C=O) groups excluding carboxylic acids is 1. The molecule has 2 aromatic heterocycles. The van der Waals surface area contributed by atoms with Crippen molar-refractivity contribution in [2.75, 3.05) is 44.3 Å². The highest BCUT2D eigenvalue weighted by atomic mass is 16.5. The van der Waals surface area contributed by atoms with Crippen LogP contribution in [0.25, 0.3) is 22.4 Å². The maximum absolute atomic E-state index is 13.2. The van der Waals surface area contributed by atoms with Gasteiger partial charge in [0.1, 0.15) is 11.6 Å². The van der Waals surface area contributed by atoms with Crippen molar-refractivity contribution in [1.29, 1.82) is 5.26 Å². The van der Waals surface area contributed by atoms with Gasteiger partial charge in [0.15, 0.2) is 0 Å². The van der Waals surface area contributed by atoms with Crippen LogP contribution in [-0.2, 0) is 4.74 Å². The largest absolute Gasteiger partial charge is 0.378 e. The number of aromatic amines is 1. The summed E-state index contributed by atoms with van der Waals surface area (Å²) in [6, 6.07) is 17.6. The van der Waals surface area contributed by atoms with Crippen molar-refractivity contribution < 1.29 is 9.53 Å². The number of rotatable bonds is 4. The van der Waals surface area contributed by atoms with Gasteiger partial charge >= 0.3 is 0 Å². The molecule has 2 aliphatic heterocycles. The SMILES string of the molecule is CC.Cc1ccc(C(=O)N2CC(c3ccc(C#N)cc3)C2)cc1-c1nc2cc(N3CCOCC3)ncc2[nH]1. The first-order valence-corrected chi connectivity index (χ1v) is 13.2. The molecule has 1 amide bonds.